The molecular weight excluding hydrogens is 368 g/mol. The number of hydrogen-bond donors (Lipinski definition) is 1. The molecule has 0 aliphatic carbocycles. The van der Waals surface area contributed by atoms with Crippen molar-refractivity contribution in [3.8, 4) is 0 Å². The first kappa shape index (κ1) is 20.9. The minimum atomic E-state index is -0.349. The lowest BCUT2D eigenvalue weighted by molar-refractivity contribution is 0.0517. The lowest BCUT2D eigenvalue weighted by Crippen LogP contribution is -2.26. The molecular formula is C23H28N2O4. The fraction of sp³-hybridized carbons (Fsp3) is 0.391. The number of rotatable bonds is 8. The highest BCUT2D eigenvalue weighted by Gasteiger charge is 2.16. The van der Waals surface area contributed by atoms with Gasteiger partial charge < -0.3 is 19.4 Å². The molecule has 154 valence electrons. The van der Waals surface area contributed by atoms with Crippen LogP contribution < -0.4 is 5.32 Å². The molecule has 0 aliphatic heterocycles. The molecule has 0 aliphatic rings. The van der Waals surface area contributed by atoms with E-state index in [0.29, 0.717) is 30.4 Å². The monoisotopic (exact) mass is 396 g/mol. The molecule has 0 bridgehead atoms. The number of benzene rings is 2. The van der Waals surface area contributed by atoms with Gasteiger partial charge in [-0.05, 0) is 50.2 Å². The lowest BCUT2D eigenvalue weighted by Gasteiger charge is -2.11. The maximum atomic E-state index is 12.2. The Morgan fingerprint density at radius 2 is 1.38 bits per heavy atom. The summed E-state index contributed by atoms with van der Waals surface area (Å²) in [7, 11) is 0. The Morgan fingerprint density at radius 3 is 1.79 bits per heavy atom. The van der Waals surface area contributed by atoms with E-state index in [1.54, 1.807) is 26.0 Å². The van der Waals surface area contributed by atoms with Gasteiger partial charge in [-0.25, -0.2) is 9.59 Å². The van der Waals surface area contributed by atoms with Gasteiger partial charge in [0.25, 0.3) is 0 Å². The predicted octanol–water partition coefficient (Wildman–Crippen LogP) is 4.15. The third-order valence-electron chi connectivity index (χ3n) is 4.78. The van der Waals surface area contributed by atoms with Crippen molar-refractivity contribution >= 4 is 33.7 Å². The summed E-state index contributed by atoms with van der Waals surface area (Å²) in [4.78, 5) is 24.5. The summed E-state index contributed by atoms with van der Waals surface area (Å²) in [6, 6.07) is 11.6. The molecule has 0 atom stereocenters. The van der Waals surface area contributed by atoms with Gasteiger partial charge in [-0.15, -0.1) is 0 Å². The molecule has 0 radical (unpaired) electrons. The molecule has 1 aromatic heterocycles. The molecule has 0 saturated carbocycles. The summed E-state index contributed by atoms with van der Waals surface area (Å²) in [5.74, 6) is -0.698. The second kappa shape index (κ2) is 9.09. The fourth-order valence-electron chi connectivity index (χ4n) is 3.49. The van der Waals surface area contributed by atoms with Crippen LogP contribution in [-0.4, -0.2) is 42.3 Å². The van der Waals surface area contributed by atoms with Crippen LogP contribution in [0.5, 0.6) is 0 Å². The van der Waals surface area contributed by atoms with Crippen molar-refractivity contribution in [2.75, 3.05) is 19.8 Å². The summed E-state index contributed by atoms with van der Waals surface area (Å²) in [5, 5.41) is 5.27. The van der Waals surface area contributed by atoms with E-state index in [1.165, 1.54) is 0 Å². The standard InChI is InChI=1S/C23H28N2O4/c1-5-28-22(26)16-7-9-20-18(13-16)19-14-17(23(27)29-6-2)8-10-21(19)25(20)12-11-24-15(3)4/h7-10,13-15,24H,5-6,11-12H2,1-4H3. The molecule has 3 rings (SSSR count). The van der Waals surface area contributed by atoms with Crippen LogP contribution in [0.1, 0.15) is 48.4 Å². The highest BCUT2D eigenvalue weighted by molar-refractivity contribution is 6.12. The third kappa shape index (κ3) is 4.43. The minimum Gasteiger partial charge on any atom is -0.462 e. The fourth-order valence-corrected chi connectivity index (χ4v) is 3.49. The van der Waals surface area contributed by atoms with Crippen LogP contribution in [0, 0.1) is 0 Å². The molecule has 0 saturated heterocycles. The number of carbonyl (C=O) groups is 2. The average molecular weight is 396 g/mol. The van der Waals surface area contributed by atoms with Crippen LogP contribution in [0.3, 0.4) is 0 Å². The number of hydrogen-bond acceptors (Lipinski definition) is 5. The highest BCUT2D eigenvalue weighted by Crippen LogP contribution is 2.31. The number of esters is 2. The Hall–Kier alpha value is -2.86. The topological polar surface area (TPSA) is 69.6 Å². The van der Waals surface area contributed by atoms with Gasteiger partial charge >= 0.3 is 11.9 Å². The Kier molecular flexibility index (Phi) is 6.54. The summed E-state index contributed by atoms with van der Waals surface area (Å²) in [6.45, 7) is 10.0. The van der Waals surface area contributed by atoms with E-state index in [4.69, 9.17) is 9.47 Å². The Balaban J connectivity index is 2.14. The number of nitrogens with zero attached hydrogens (tertiary/aromatic N) is 1. The zero-order valence-corrected chi connectivity index (χ0v) is 17.5. The Labute approximate surface area is 170 Å². The van der Waals surface area contributed by atoms with E-state index in [-0.39, 0.29) is 11.9 Å². The van der Waals surface area contributed by atoms with Crippen LogP contribution in [0.25, 0.3) is 21.8 Å². The van der Waals surface area contributed by atoms with Gasteiger partial charge in [-0.1, -0.05) is 13.8 Å². The summed E-state index contributed by atoms with van der Waals surface area (Å²) in [5.41, 5.74) is 3.03. The minimum absolute atomic E-state index is 0.326. The van der Waals surface area contributed by atoms with Crippen molar-refractivity contribution in [3.05, 3.63) is 47.5 Å². The first-order chi connectivity index (χ1) is 14.0. The zero-order chi connectivity index (χ0) is 21.0. The van der Waals surface area contributed by atoms with Crippen molar-refractivity contribution in [1.29, 1.82) is 0 Å². The summed E-state index contributed by atoms with van der Waals surface area (Å²) in [6.07, 6.45) is 0. The predicted molar refractivity (Wildman–Crippen MR) is 114 cm³/mol. The van der Waals surface area contributed by atoms with Crippen LogP contribution >= 0.6 is 0 Å². The molecule has 3 aromatic rings. The maximum Gasteiger partial charge on any atom is 0.338 e. The van der Waals surface area contributed by atoms with Crippen molar-refractivity contribution < 1.29 is 19.1 Å². The number of nitrogens with one attached hydrogen (secondary N) is 1. The smallest absolute Gasteiger partial charge is 0.338 e. The van der Waals surface area contributed by atoms with Gasteiger partial charge in [0.15, 0.2) is 0 Å². The molecule has 29 heavy (non-hydrogen) atoms. The SMILES string of the molecule is CCOC(=O)c1ccc2c(c1)c1cc(C(=O)OCC)ccc1n2CCNC(C)C. The van der Waals surface area contributed by atoms with Crippen LogP contribution in [-0.2, 0) is 16.0 Å². The number of fused-ring (bicyclic) bond motifs is 3. The van der Waals surface area contributed by atoms with Crippen LogP contribution in [0.4, 0.5) is 0 Å². The molecule has 6 heteroatoms. The van der Waals surface area contributed by atoms with Gasteiger partial charge in [-0.3, -0.25) is 0 Å². The van der Waals surface area contributed by atoms with Crippen LogP contribution in [0.2, 0.25) is 0 Å². The lowest BCUT2D eigenvalue weighted by atomic mass is 10.1. The third-order valence-corrected chi connectivity index (χ3v) is 4.78. The Morgan fingerprint density at radius 1 is 0.897 bits per heavy atom. The molecule has 0 fully saturated rings. The van der Waals surface area contributed by atoms with E-state index in [0.717, 1.165) is 34.9 Å². The van der Waals surface area contributed by atoms with E-state index >= 15 is 0 Å². The number of aromatic nitrogens is 1. The van der Waals surface area contributed by atoms with Gasteiger partial charge in [-0.2, -0.15) is 0 Å². The van der Waals surface area contributed by atoms with Gasteiger partial charge in [0.05, 0.1) is 24.3 Å². The summed E-state index contributed by atoms with van der Waals surface area (Å²) < 4.78 is 12.5. The number of ether oxygens (including phenoxy) is 2. The molecule has 2 aromatic carbocycles. The normalized spacial score (nSPS) is 11.3. The van der Waals surface area contributed by atoms with Crippen molar-refractivity contribution in [1.82, 2.24) is 9.88 Å². The quantitative estimate of drug-likeness (QED) is 0.580. The number of carbonyl (C=O) groups excluding carboxylic acids is 2. The molecule has 0 unspecified atom stereocenters. The van der Waals surface area contributed by atoms with E-state index in [1.807, 2.05) is 24.3 Å². The molecule has 0 amide bonds. The van der Waals surface area contributed by atoms with Gasteiger partial charge in [0.1, 0.15) is 0 Å². The molecule has 0 spiro atoms. The molecule has 1 heterocycles. The van der Waals surface area contributed by atoms with Crippen molar-refractivity contribution in [2.45, 2.75) is 40.3 Å². The van der Waals surface area contributed by atoms with Gasteiger partial charge in [0, 0.05) is 40.9 Å². The molecule has 6 nitrogen and oxygen atoms in total. The first-order valence-electron chi connectivity index (χ1n) is 10.1. The van der Waals surface area contributed by atoms with Crippen molar-refractivity contribution in [2.24, 2.45) is 0 Å². The largest absolute Gasteiger partial charge is 0.462 e. The first-order valence-corrected chi connectivity index (χ1v) is 10.1. The zero-order valence-electron chi connectivity index (χ0n) is 17.5. The van der Waals surface area contributed by atoms with E-state index < -0.39 is 0 Å². The average Bonchev–Trinajstić information content (AvgIpc) is 3.00. The van der Waals surface area contributed by atoms with E-state index in [9.17, 15) is 9.59 Å². The Bertz CT molecular complexity index is 961. The van der Waals surface area contributed by atoms with Crippen LogP contribution in [0.15, 0.2) is 36.4 Å². The molecule has 1 N–H and O–H groups in total. The second-order valence-corrected chi connectivity index (χ2v) is 7.17. The van der Waals surface area contributed by atoms with E-state index in [2.05, 4.69) is 23.7 Å². The van der Waals surface area contributed by atoms with Crippen molar-refractivity contribution in [3.63, 3.8) is 0 Å². The second-order valence-electron chi connectivity index (χ2n) is 7.17. The van der Waals surface area contributed by atoms with Gasteiger partial charge in [0.2, 0.25) is 0 Å². The highest BCUT2D eigenvalue weighted by atomic mass is 16.5. The maximum absolute atomic E-state index is 12.2. The summed E-state index contributed by atoms with van der Waals surface area (Å²) >= 11 is 0.